The summed E-state index contributed by atoms with van der Waals surface area (Å²) >= 11 is 0. The monoisotopic (exact) mass is 862 g/mol. The lowest BCUT2D eigenvalue weighted by molar-refractivity contribution is -0.437. The summed E-state index contributed by atoms with van der Waals surface area (Å²) in [5.74, 6) is -2.88. The predicted octanol–water partition coefficient (Wildman–Crippen LogP) is 4.26. The third-order valence-corrected chi connectivity index (χ3v) is 13.3. The number of hydrogen-bond donors (Lipinski definition) is 1. The van der Waals surface area contributed by atoms with Crippen molar-refractivity contribution in [2.45, 2.75) is 101 Å². The fourth-order valence-electron chi connectivity index (χ4n) is 7.99. The minimum Gasteiger partial charge on any atom is -0.748 e. The Morgan fingerprint density at radius 3 is 2.22 bits per heavy atom. The van der Waals surface area contributed by atoms with Gasteiger partial charge in [0.1, 0.15) is 16.7 Å². The van der Waals surface area contributed by atoms with E-state index in [-0.39, 0.29) is 45.2 Å². The Balaban J connectivity index is 1.48. The molecule has 3 aliphatic rings. The van der Waals surface area contributed by atoms with E-state index in [9.17, 15) is 53.3 Å². The first-order valence-electron chi connectivity index (χ1n) is 18.9. The maximum atomic E-state index is 12.4. The largest absolute Gasteiger partial charge is 0.748 e. The van der Waals surface area contributed by atoms with Gasteiger partial charge in [0.2, 0.25) is 5.69 Å². The van der Waals surface area contributed by atoms with E-state index >= 15 is 0 Å². The molecule has 2 aromatic rings. The number of nitrogens with zero attached hydrogens (tertiary/aromatic N) is 3. The summed E-state index contributed by atoms with van der Waals surface area (Å²) in [5.41, 5.74) is 3.81. The van der Waals surface area contributed by atoms with Gasteiger partial charge in [-0.15, -0.1) is 5.06 Å². The fraction of sp³-hybridized carbons (Fsp3) is 0.487. The Labute approximate surface area is 339 Å². The lowest BCUT2D eigenvalue weighted by Crippen LogP contribution is -2.32. The normalized spacial score (nSPS) is 20.2. The molecule has 0 spiro atoms. The summed E-state index contributed by atoms with van der Waals surface area (Å²) in [4.78, 5) is 42.7. The first kappa shape index (κ1) is 44.8. The molecule has 0 radical (unpaired) electrons. The minimum absolute atomic E-state index is 0.00369. The maximum absolute atomic E-state index is 12.4. The van der Waals surface area contributed by atoms with Crippen molar-refractivity contribution in [3.8, 4) is 0 Å². The summed E-state index contributed by atoms with van der Waals surface area (Å²) < 4.78 is 105. The van der Waals surface area contributed by atoms with Gasteiger partial charge in [0.05, 0.1) is 26.2 Å². The van der Waals surface area contributed by atoms with Crippen LogP contribution in [0.25, 0.3) is 0 Å². The Hall–Kier alpha value is -4.27. The Morgan fingerprint density at radius 2 is 1.59 bits per heavy atom. The van der Waals surface area contributed by atoms with Crippen molar-refractivity contribution in [3.05, 3.63) is 77.0 Å². The van der Waals surface area contributed by atoms with Crippen LogP contribution in [0.1, 0.15) is 95.2 Å². The Kier molecular flexibility index (Phi) is 13.2. The van der Waals surface area contributed by atoms with Crippen LogP contribution in [0.4, 0.5) is 11.4 Å². The molecule has 2 amide bonds. The molecule has 5 rings (SSSR count). The van der Waals surface area contributed by atoms with Crippen LogP contribution in [0.5, 0.6) is 0 Å². The van der Waals surface area contributed by atoms with Crippen LogP contribution in [0, 0.1) is 6.92 Å². The predicted molar refractivity (Wildman–Crippen MR) is 211 cm³/mol. The molecule has 0 aliphatic carbocycles. The number of unbranched alkanes of at least 4 members (excludes halogenated alkanes) is 2. The minimum atomic E-state index is -4.79. The number of anilines is 1. The van der Waals surface area contributed by atoms with E-state index < -0.39 is 75.4 Å². The van der Waals surface area contributed by atoms with Gasteiger partial charge in [0, 0.05) is 72.5 Å². The molecule has 19 heteroatoms. The topological polar surface area (TPSA) is 239 Å². The number of carbonyl (C=O) groups is 3. The summed E-state index contributed by atoms with van der Waals surface area (Å²) in [7, 11) is -13.6. The molecule has 1 fully saturated rings. The number of fused-ring (bicyclic) bond motifs is 2. The zero-order chi connectivity index (χ0) is 42.8. The first-order valence-corrected chi connectivity index (χ1v) is 23.5. The van der Waals surface area contributed by atoms with Crippen molar-refractivity contribution in [1.82, 2.24) is 5.06 Å². The van der Waals surface area contributed by atoms with Crippen molar-refractivity contribution >= 4 is 65.2 Å². The molecule has 0 bridgehead atoms. The van der Waals surface area contributed by atoms with Crippen molar-refractivity contribution in [1.29, 1.82) is 0 Å². The molecule has 3 heterocycles. The number of benzene rings is 2. The molecule has 58 heavy (non-hydrogen) atoms. The average Bonchev–Trinajstić information content (AvgIpc) is 3.62. The van der Waals surface area contributed by atoms with E-state index in [1.165, 1.54) is 18.2 Å². The van der Waals surface area contributed by atoms with E-state index in [1.54, 1.807) is 6.08 Å². The number of hydrogen-bond acceptors (Lipinski definition) is 13. The highest BCUT2D eigenvalue weighted by Crippen LogP contribution is 2.51. The van der Waals surface area contributed by atoms with Crippen molar-refractivity contribution < 1.29 is 62.7 Å². The second-order valence-corrected chi connectivity index (χ2v) is 20.0. The molecule has 0 aromatic heterocycles. The molecule has 1 saturated heterocycles. The molecule has 16 nitrogen and oxygen atoms in total. The number of carbonyl (C=O) groups excluding carboxylic acids is 3. The number of rotatable bonds is 18. The van der Waals surface area contributed by atoms with Crippen molar-refractivity contribution in [2.75, 3.05) is 29.5 Å². The van der Waals surface area contributed by atoms with Gasteiger partial charge in [0.25, 0.3) is 21.9 Å². The second kappa shape index (κ2) is 17.1. The zero-order valence-corrected chi connectivity index (χ0v) is 35.3. The third kappa shape index (κ3) is 10.3. The van der Waals surface area contributed by atoms with Gasteiger partial charge in [-0.3, -0.25) is 14.1 Å². The molecule has 1 atom stereocenters. The highest BCUT2D eigenvalue weighted by atomic mass is 32.2. The van der Waals surface area contributed by atoms with E-state index in [0.29, 0.717) is 47.7 Å². The Bertz CT molecular complexity index is 2400. The van der Waals surface area contributed by atoms with Gasteiger partial charge in [-0.2, -0.15) is 13.0 Å². The van der Waals surface area contributed by atoms with E-state index in [0.717, 1.165) is 22.5 Å². The van der Waals surface area contributed by atoms with Gasteiger partial charge in [-0.1, -0.05) is 36.6 Å². The molecule has 316 valence electrons. The van der Waals surface area contributed by atoms with Crippen LogP contribution in [0.15, 0.2) is 65.2 Å². The Morgan fingerprint density at radius 1 is 0.897 bits per heavy atom. The number of hydroxylamine groups is 2. The van der Waals surface area contributed by atoms with Gasteiger partial charge in [-0.05, 0) is 76.8 Å². The van der Waals surface area contributed by atoms with Crippen molar-refractivity contribution in [3.63, 3.8) is 0 Å². The average molecular weight is 863 g/mol. The second-order valence-electron chi connectivity index (χ2n) is 15.6. The van der Waals surface area contributed by atoms with Crippen LogP contribution < -0.4 is 4.90 Å². The number of imide groups is 1. The molecule has 1 N–H and O–H groups in total. The standard InChI is InChI=1S/C39H49N3O13S3/c1-27-14-16-32-30(25-27)39(4,20-7-5-6-13-37(45)55-42-35(43)18-19-36(42)44)34(41(32)22-10-24-57(49,50)51)12-8-11-33-38(2,3)29-26-28(58(52,53)54)15-17-31(29)40(33)21-9-23-56(46,47)48/h8,11-12,14-17,25-26H,5-7,9-10,13,18-24H2,1-4H3,(H2-,46,47,48,49,50,51,52,53,54)/p-1. The number of amides is 2. The van der Waals surface area contributed by atoms with Crippen LogP contribution >= 0.6 is 0 Å². The smallest absolute Gasteiger partial charge is 0.333 e. The van der Waals surface area contributed by atoms with Crippen LogP contribution in [-0.4, -0.2) is 96.6 Å². The van der Waals surface area contributed by atoms with Crippen LogP contribution in [0.2, 0.25) is 0 Å². The van der Waals surface area contributed by atoms with E-state index in [1.807, 2.05) is 54.5 Å². The first-order chi connectivity index (χ1) is 26.9. The van der Waals surface area contributed by atoms with E-state index in [2.05, 4.69) is 13.0 Å². The quantitative estimate of drug-likeness (QED) is 0.0954. The molecular weight excluding hydrogens is 815 g/mol. The van der Waals surface area contributed by atoms with E-state index in [4.69, 9.17) is 4.84 Å². The summed E-state index contributed by atoms with van der Waals surface area (Å²) in [6.07, 6.45) is 7.79. The highest BCUT2D eigenvalue weighted by molar-refractivity contribution is 7.86. The molecular formula is C39H48N3O13S3-. The number of aryl methyl sites for hydroxylation is 1. The SMILES string of the molecule is Cc1ccc2c(c1)C(C)(CCCCCC(=O)ON1C(=O)CCC1=O)C(=CC=CC1=[N+](CCCS(=O)(=O)O)c3ccc(S(=O)(=O)[O-])cc3C1(C)C)N2CCCS(=O)(=O)[O-]. The molecule has 3 aliphatic heterocycles. The third-order valence-electron chi connectivity index (χ3n) is 10.9. The summed E-state index contributed by atoms with van der Waals surface area (Å²) in [6.45, 7) is 8.03. The molecule has 2 aromatic carbocycles. The fourth-order valence-corrected chi connectivity index (χ4v) is 9.46. The summed E-state index contributed by atoms with van der Waals surface area (Å²) in [6, 6.07) is 9.95. The maximum Gasteiger partial charge on any atom is 0.333 e. The highest BCUT2D eigenvalue weighted by Gasteiger charge is 2.46. The summed E-state index contributed by atoms with van der Waals surface area (Å²) in [5, 5.41) is 0.523. The van der Waals surface area contributed by atoms with Crippen molar-refractivity contribution in [2.24, 2.45) is 0 Å². The lowest BCUT2D eigenvalue weighted by Gasteiger charge is -2.31. The van der Waals surface area contributed by atoms with Gasteiger partial charge in [-0.25, -0.2) is 21.6 Å². The zero-order valence-electron chi connectivity index (χ0n) is 32.8. The molecule has 1 unspecified atom stereocenters. The van der Waals surface area contributed by atoms with Crippen LogP contribution in [0.3, 0.4) is 0 Å². The number of allylic oxidation sites excluding steroid dienone is 4. The van der Waals surface area contributed by atoms with Gasteiger partial charge >= 0.3 is 5.97 Å². The van der Waals surface area contributed by atoms with Gasteiger partial charge < -0.3 is 18.8 Å². The van der Waals surface area contributed by atoms with Crippen LogP contribution in [-0.2, 0) is 60.4 Å². The lowest BCUT2D eigenvalue weighted by atomic mass is 9.76. The molecule has 0 saturated carbocycles. The van der Waals surface area contributed by atoms with Gasteiger partial charge in [0.15, 0.2) is 5.71 Å².